The summed E-state index contributed by atoms with van der Waals surface area (Å²) in [7, 11) is -3.06. The Morgan fingerprint density at radius 2 is 1.90 bits per heavy atom. The standard InChI is InChI=1S/C27H29BrN3O9P/c1-37-26(34)21(14-18-8-4-2-5-9-18)30-41(36,40-20-10-6-3-7-11-20)38-17-23-22(32)15-24(39-23)31-16-19(12-13-28)25(33)29-27(31)35/h2-13,16,21-24,32H,14-15,17H2,1H3,(H,30,36)(H,29,33,35)/b13-12+/t21-,22-,23+,24+,41?/m0/s1. The number of aromatic nitrogens is 2. The molecule has 0 radical (unpaired) electrons. The van der Waals surface area contributed by atoms with Gasteiger partial charge in [0, 0.05) is 12.6 Å². The van der Waals surface area contributed by atoms with E-state index in [1.54, 1.807) is 30.3 Å². The van der Waals surface area contributed by atoms with Crippen molar-refractivity contribution >= 4 is 35.7 Å². The summed E-state index contributed by atoms with van der Waals surface area (Å²) in [5, 5.41) is 13.4. The van der Waals surface area contributed by atoms with Crippen molar-refractivity contribution in [3.05, 3.63) is 104 Å². The van der Waals surface area contributed by atoms with Gasteiger partial charge in [0.1, 0.15) is 24.1 Å². The van der Waals surface area contributed by atoms with Crippen LogP contribution in [0.4, 0.5) is 0 Å². The number of nitrogens with zero attached hydrogens (tertiary/aromatic N) is 1. The number of aromatic amines is 1. The second-order valence-corrected chi connectivity index (χ2v) is 11.3. The van der Waals surface area contributed by atoms with E-state index in [1.807, 2.05) is 30.3 Å². The van der Waals surface area contributed by atoms with Crippen LogP contribution in [0.15, 0.2) is 81.4 Å². The van der Waals surface area contributed by atoms with Crippen LogP contribution in [0, 0.1) is 0 Å². The molecule has 3 aromatic rings. The lowest BCUT2D eigenvalue weighted by Crippen LogP contribution is -2.39. The second-order valence-electron chi connectivity index (χ2n) is 9.07. The molecular formula is C27H29BrN3O9P. The fourth-order valence-electron chi connectivity index (χ4n) is 4.18. The van der Waals surface area contributed by atoms with Crippen LogP contribution < -0.4 is 20.9 Å². The van der Waals surface area contributed by atoms with E-state index in [0.717, 1.165) is 10.1 Å². The van der Waals surface area contributed by atoms with Gasteiger partial charge in [-0.25, -0.2) is 9.36 Å². The third-order valence-electron chi connectivity index (χ3n) is 6.21. The van der Waals surface area contributed by atoms with Gasteiger partial charge in [-0.2, -0.15) is 5.09 Å². The molecule has 2 heterocycles. The first-order valence-electron chi connectivity index (χ1n) is 12.6. The van der Waals surface area contributed by atoms with Gasteiger partial charge in [0.15, 0.2) is 0 Å². The van der Waals surface area contributed by atoms with Crippen molar-refractivity contribution in [2.75, 3.05) is 13.7 Å². The maximum atomic E-state index is 14.0. The van der Waals surface area contributed by atoms with Crippen molar-refractivity contribution in [2.45, 2.75) is 37.3 Å². The maximum absolute atomic E-state index is 14.0. The summed E-state index contributed by atoms with van der Waals surface area (Å²) in [4.78, 5) is 40.8. The number of carbonyl (C=O) groups excluding carboxylic acids is 1. The highest BCUT2D eigenvalue weighted by atomic mass is 79.9. The first kappa shape index (κ1) is 30.6. The minimum atomic E-state index is -4.28. The minimum absolute atomic E-state index is 0.00644. The zero-order valence-electron chi connectivity index (χ0n) is 21.9. The van der Waals surface area contributed by atoms with Gasteiger partial charge < -0.3 is 19.1 Å². The Morgan fingerprint density at radius 3 is 2.56 bits per heavy atom. The van der Waals surface area contributed by atoms with Crippen molar-refractivity contribution in [3.63, 3.8) is 0 Å². The molecule has 14 heteroatoms. The molecule has 0 spiro atoms. The van der Waals surface area contributed by atoms with Gasteiger partial charge in [-0.3, -0.25) is 23.7 Å². The van der Waals surface area contributed by atoms with Crippen molar-refractivity contribution in [1.29, 1.82) is 0 Å². The molecule has 41 heavy (non-hydrogen) atoms. The Morgan fingerprint density at radius 1 is 1.22 bits per heavy atom. The van der Waals surface area contributed by atoms with E-state index in [-0.39, 0.29) is 24.2 Å². The number of aliphatic hydroxyl groups excluding tert-OH is 1. The van der Waals surface area contributed by atoms with Crippen molar-refractivity contribution in [1.82, 2.24) is 14.6 Å². The van der Waals surface area contributed by atoms with E-state index in [9.17, 15) is 24.1 Å². The van der Waals surface area contributed by atoms with Gasteiger partial charge in [0.05, 0.1) is 25.4 Å². The monoisotopic (exact) mass is 649 g/mol. The number of halogens is 1. The molecule has 218 valence electrons. The first-order chi connectivity index (χ1) is 19.7. The summed E-state index contributed by atoms with van der Waals surface area (Å²) >= 11 is 3.10. The predicted molar refractivity (Wildman–Crippen MR) is 154 cm³/mol. The summed E-state index contributed by atoms with van der Waals surface area (Å²) in [6.45, 7) is -0.416. The van der Waals surface area contributed by atoms with Crippen LogP contribution in [0.2, 0.25) is 0 Å². The number of methoxy groups -OCH3 is 1. The molecule has 2 aromatic carbocycles. The molecule has 4 rings (SSSR count). The highest BCUT2D eigenvalue weighted by molar-refractivity contribution is 9.11. The molecule has 0 bridgehead atoms. The lowest BCUT2D eigenvalue weighted by molar-refractivity contribution is -0.142. The molecular weight excluding hydrogens is 621 g/mol. The minimum Gasteiger partial charge on any atom is -0.468 e. The molecule has 12 nitrogen and oxygen atoms in total. The highest BCUT2D eigenvalue weighted by Gasteiger charge is 2.40. The van der Waals surface area contributed by atoms with E-state index in [0.29, 0.717) is 0 Å². The van der Waals surface area contributed by atoms with Crippen molar-refractivity contribution in [2.24, 2.45) is 0 Å². The number of esters is 1. The summed E-state index contributed by atoms with van der Waals surface area (Å²) in [5.41, 5.74) is -0.334. The highest BCUT2D eigenvalue weighted by Crippen LogP contribution is 2.46. The average molecular weight is 650 g/mol. The fraction of sp³-hybridized carbons (Fsp3) is 0.296. The van der Waals surface area contributed by atoms with Gasteiger partial charge in [-0.15, -0.1) is 0 Å². The van der Waals surface area contributed by atoms with Crippen LogP contribution in [0.1, 0.15) is 23.8 Å². The molecule has 5 atom stereocenters. The van der Waals surface area contributed by atoms with Gasteiger partial charge >= 0.3 is 19.4 Å². The van der Waals surface area contributed by atoms with Crippen LogP contribution in [-0.4, -0.2) is 52.6 Å². The van der Waals surface area contributed by atoms with E-state index >= 15 is 0 Å². The van der Waals surface area contributed by atoms with Gasteiger partial charge in [-0.1, -0.05) is 64.5 Å². The summed E-state index contributed by atoms with van der Waals surface area (Å²) < 4.78 is 37.4. The molecule has 1 aliphatic heterocycles. The van der Waals surface area contributed by atoms with E-state index in [4.69, 9.17) is 18.5 Å². The number of H-pyrrole nitrogens is 1. The Labute approximate surface area is 243 Å². The number of hydrogen-bond donors (Lipinski definition) is 3. The normalized spacial score (nSPS) is 20.9. The molecule has 0 aliphatic carbocycles. The van der Waals surface area contributed by atoms with Crippen molar-refractivity contribution in [3.8, 4) is 5.75 Å². The second kappa shape index (κ2) is 14.0. The Kier molecular flexibility index (Phi) is 10.5. The number of ether oxygens (including phenoxy) is 2. The summed E-state index contributed by atoms with van der Waals surface area (Å²) in [6.07, 6.45) is -0.175. The number of para-hydroxylation sites is 1. The Balaban J connectivity index is 1.54. The van der Waals surface area contributed by atoms with Gasteiger partial charge in [-0.05, 0) is 35.2 Å². The van der Waals surface area contributed by atoms with Crippen LogP contribution in [0.25, 0.3) is 6.08 Å². The van der Waals surface area contributed by atoms with Gasteiger partial charge in [0.25, 0.3) is 5.56 Å². The Hall–Kier alpha value is -3.32. The quantitative estimate of drug-likeness (QED) is 0.197. The predicted octanol–water partition coefficient (Wildman–Crippen LogP) is 3.13. The lowest BCUT2D eigenvalue weighted by Gasteiger charge is -2.26. The number of nitrogens with one attached hydrogen (secondary N) is 2. The third kappa shape index (κ3) is 8.13. The molecule has 1 saturated heterocycles. The SMILES string of the molecule is COC(=O)[C@H](Cc1ccccc1)NP(=O)(OC[C@H]1O[C@@H](n2cc(/C=C/Br)c(=O)[nH]c2=O)C[C@@H]1O)Oc1ccccc1. The number of rotatable bonds is 12. The molecule has 0 amide bonds. The first-order valence-corrected chi connectivity index (χ1v) is 15.0. The molecule has 1 unspecified atom stereocenters. The van der Waals surface area contributed by atoms with E-state index in [1.165, 1.54) is 24.4 Å². The van der Waals surface area contributed by atoms with E-state index in [2.05, 4.69) is 26.0 Å². The number of benzene rings is 2. The van der Waals surface area contributed by atoms with Crippen LogP contribution in [0.3, 0.4) is 0 Å². The smallest absolute Gasteiger partial charge is 0.459 e. The molecule has 1 aromatic heterocycles. The summed E-state index contributed by atoms with van der Waals surface area (Å²) in [6, 6.07) is 16.2. The molecule has 3 N–H and O–H groups in total. The Bertz CT molecular complexity index is 1510. The number of aliphatic hydroxyl groups is 1. The third-order valence-corrected chi connectivity index (χ3v) is 8.04. The number of hydrogen-bond acceptors (Lipinski definition) is 9. The largest absolute Gasteiger partial charge is 0.468 e. The molecule has 1 aliphatic rings. The topological polar surface area (TPSA) is 158 Å². The molecule has 0 saturated carbocycles. The van der Waals surface area contributed by atoms with Crippen LogP contribution >= 0.6 is 23.7 Å². The average Bonchev–Trinajstić information content (AvgIpc) is 3.33. The maximum Gasteiger partial charge on any atom is 0.459 e. The lowest BCUT2D eigenvalue weighted by atomic mass is 10.1. The molecule has 1 fully saturated rings. The van der Waals surface area contributed by atoms with Gasteiger partial charge in [0.2, 0.25) is 0 Å². The van der Waals surface area contributed by atoms with Crippen LogP contribution in [-0.2, 0) is 29.8 Å². The fourth-order valence-corrected chi connectivity index (χ4v) is 5.97. The zero-order valence-corrected chi connectivity index (χ0v) is 24.4. The van der Waals surface area contributed by atoms with E-state index < -0.39 is 56.0 Å². The summed E-state index contributed by atoms with van der Waals surface area (Å²) in [5.74, 6) is -0.470. The van der Waals surface area contributed by atoms with Crippen molar-refractivity contribution < 1.29 is 33.0 Å². The van der Waals surface area contributed by atoms with Crippen LogP contribution in [0.5, 0.6) is 5.75 Å². The zero-order chi connectivity index (χ0) is 29.4. The number of carbonyl (C=O) groups is 1.